The normalized spacial score (nSPS) is 12.1. The van der Waals surface area contributed by atoms with Gasteiger partial charge in [0.2, 0.25) is 0 Å². The predicted molar refractivity (Wildman–Crippen MR) is 55.3 cm³/mol. The second-order valence-corrected chi connectivity index (χ2v) is 4.29. The number of nitrogens with zero attached hydrogens (tertiary/aromatic N) is 1. The van der Waals surface area contributed by atoms with E-state index in [0.717, 1.165) is 31.6 Å². The van der Waals surface area contributed by atoms with Gasteiger partial charge in [-0.3, -0.25) is 4.21 Å². The van der Waals surface area contributed by atoms with Gasteiger partial charge in [-0.05, 0) is 25.3 Å². The molecule has 0 bridgehead atoms. The van der Waals surface area contributed by atoms with E-state index in [1.807, 2.05) is 0 Å². The van der Waals surface area contributed by atoms with Crippen molar-refractivity contribution in [1.82, 2.24) is 0 Å². The predicted octanol–water partition coefficient (Wildman–Crippen LogP) is 1.78. The second-order valence-electron chi connectivity index (χ2n) is 2.73. The highest BCUT2D eigenvalue weighted by atomic mass is 32.2. The van der Waals surface area contributed by atoms with E-state index in [0.29, 0.717) is 0 Å². The highest BCUT2D eigenvalue weighted by molar-refractivity contribution is 7.84. The van der Waals surface area contributed by atoms with Crippen molar-refractivity contribution in [2.45, 2.75) is 25.7 Å². The van der Waals surface area contributed by atoms with Gasteiger partial charge in [0.15, 0.2) is 0 Å². The molecule has 0 fully saturated rings. The zero-order valence-electron chi connectivity index (χ0n) is 7.71. The molecule has 0 aromatic heterocycles. The van der Waals surface area contributed by atoms with Crippen molar-refractivity contribution >= 4 is 16.7 Å². The summed E-state index contributed by atoms with van der Waals surface area (Å²) in [5.41, 5.74) is 0. The van der Waals surface area contributed by atoms with Crippen LogP contribution in [-0.2, 0) is 10.8 Å². The Kier molecular flexibility index (Phi) is 8.40. The zero-order chi connectivity index (χ0) is 9.23. The average molecular weight is 187 g/mol. The molecule has 1 unspecified atom stereocenters. The molecule has 0 rings (SSSR count). The smallest absolute Gasteiger partial charge is 0.0483 e. The molecule has 12 heavy (non-hydrogen) atoms. The molecular formula is C9H17NOS. The monoisotopic (exact) mass is 187 g/mol. The van der Waals surface area contributed by atoms with Crippen LogP contribution in [0.1, 0.15) is 25.7 Å². The van der Waals surface area contributed by atoms with Crippen LogP contribution in [-0.4, -0.2) is 28.6 Å². The van der Waals surface area contributed by atoms with Crippen molar-refractivity contribution < 1.29 is 4.21 Å². The fourth-order valence-corrected chi connectivity index (χ4v) is 1.54. The summed E-state index contributed by atoms with van der Waals surface area (Å²) in [7, 11) is -0.620. The summed E-state index contributed by atoms with van der Waals surface area (Å²) >= 11 is 0. The molecule has 0 saturated heterocycles. The first-order chi connectivity index (χ1) is 5.77. The Bertz CT molecular complexity index is 167. The van der Waals surface area contributed by atoms with E-state index in [2.05, 4.69) is 17.4 Å². The maximum Gasteiger partial charge on any atom is 0.0483 e. The molecule has 0 spiro atoms. The van der Waals surface area contributed by atoms with E-state index in [4.69, 9.17) is 0 Å². The molecule has 0 heterocycles. The van der Waals surface area contributed by atoms with Crippen LogP contribution in [0.25, 0.3) is 0 Å². The van der Waals surface area contributed by atoms with Gasteiger partial charge in [-0.15, -0.1) is 0 Å². The quantitative estimate of drug-likeness (QED) is 0.441. The standard InChI is InChI=1S/C9H17NOS/c1-3-10-8-6-4-5-7-9-12(2)11/h1,4-9H2,2H3. The molecule has 0 aliphatic heterocycles. The van der Waals surface area contributed by atoms with Gasteiger partial charge in [0.05, 0.1) is 0 Å². The molecule has 2 nitrogen and oxygen atoms in total. The SMILES string of the molecule is C=C=NCCCCCCS(C)=O. The highest BCUT2D eigenvalue weighted by Crippen LogP contribution is 2.00. The molecule has 0 amide bonds. The molecule has 0 radical (unpaired) electrons. The van der Waals surface area contributed by atoms with Crippen molar-refractivity contribution in [3.8, 4) is 0 Å². The van der Waals surface area contributed by atoms with Gasteiger partial charge >= 0.3 is 0 Å². The third-order valence-electron chi connectivity index (χ3n) is 1.56. The number of hydrogen-bond acceptors (Lipinski definition) is 2. The molecule has 0 aliphatic rings. The van der Waals surface area contributed by atoms with Crippen molar-refractivity contribution in [3.63, 3.8) is 0 Å². The van der Waals surface area contributed by atoms with Crippen LogP contribution in [0.3, 0.4) is 0 Å². The minimum absolute atomic E-state index is 0.620. The molecule has 0 saturated carbocycles. The van der Waals surface area contributed by atoms with Crippen molar-refractivity contribution in [1.29, 1.82) is 0 Å². The van der Waals surface area contributed by atoms with Crippen LogP contribution in [0.15, 0.2) is 11.6 Å². The number of rotatable bonds is 7. The van der Waals surface area contributed by atoms with Crippen LogP contribution in [0.5, 0.6) is 0 Å². The lowest BCUT2D eigenvalue weighted by Gasteiger charge is -1.96. The van der Waals surface area contributed by atoms with Crippen molar-refractivity contribution in [2.24, 2.45) is 4.99 Å². The lowest BCUT2D eigenvalue weighted by Crippen LogP contribution is -1.93. The second kappa shape index (κ2) is 8.69. The zero-order valence-corrected chi connectivity index (χ0v) is 8.53. The minimum atomic E-state index is -0.620. The maximum atomic E-state index is 10.7. The van der Waals surface area contributed by atoms with Gasteiger partial charge in [-0.25, -0.2) is 4.99 Å². The first kappa shape index (κ1) is 11.6. The third kappa shape index (κ3) is 9.60. The number of aliphatic imine (C=N–C) groups is 1. The van der Waals surface area contributed by atoms with E-state index >= 15 is 0 Å². The molecule has 1 atom stereocenters. The van der Waals surface area contributed by atoms with Gasteiger partial charge in [0, 0.05) is 29.4 Å². The van der Waals surface area contributed by atoms with E-state index in [1.54, 1.807) is 6.26 Å². The van der Waals surface area contributed by atoms with E-state index in [-0.39, 0.29) is 0 Å². The molecule has 0 aromatic rings. The Labute approximate surface area is 77.2 Å². The topological polar surface area (TPSA) is 29.4 Å². The molecule has 0 aliphatic carbocycles. The van der Waals surface area contributed by atoms with E-state index in [1.165, 1.54) is 6.42 Å². The van der Waals surface area contributed by atoms with Crippen molar-refractivity contribution in [2.75, 3.05) is 18.6 Å². The lowest BCUT2D eigenvalue weighted by molar-refractivity contribution is 0.662. The lowest BCUT2D eigenvalue weighted by atomic mass is 10.2. The fraction of sp³-hybridized carbons (Fsp3) is 0.778. The summed E-state index contributed by atoms with van der Waals surface area (Å²) in [6, 6.07) is 0. The summed E-state index contributed by atoms with van der Waals surface area (Å²) in [5.74, 6) is 3.34. The van der Waals surface area contributed by atoms with E-state index < -0.39 is 10.8 Å². The van der Waals surface area contributed by atoms with Gasteiger partial charge in [0.25, 0.3) is 0 Å². The first-order valence-electron chi connectivity index (χ1n) is 4.26. The summed E-state index contributed by atoms with van der Waals surface area (Å²) in [6.07, 6.45) is 6.25. The van der Waals surface area contributed by atoms with Crippen LogP contribution in [0, 0.1) is 0 Å². The van der Waals surface area contributed by atoms with Crippen LogP contribution < -0.4 is 0 Å². The van der Waals surface area contributed by atoms with Crippen LogP contribution in [0.2, 0.25) is 0 Å². The Morgan fingerprint density at radius 3 is 2.58 bits per heavy atom. The van der Waals surface area contributed by atoms with E-state index in [9.17, 15) is 4.21 Å². The van der Waals surface area contributed by atoms with Crippen LogP contribution >= 0.6 is 0 Å². The largest absolute Gasteiger partial charge is 0.260 e. The molecule has 0 aromatic carbocycles. The van der Waals surface area contributed by atoms with Gasteiger partial charge in [0.1, 0.15) is 0 Å². The maximum absolute atomic E-state index is 10.7. The molecular weight excluding hydrogens is 170 g/mol. The Hall–Kier alpha value is -0.400. The Morgan fingerprint density at radius 1 is 1.33 bits per heavy atom. The average Bonchev–Trinajstić information content (AvgIpc) is 2.02. The number of hydrogen-bond donors (Lipinski definition) is 0. The molecule has 0 N–H and O–H groups in total. The summed E-state index contributed by atoms with van der Waals surface area (Å²) in [4.78, 5) is 3.88. The fourth-order valence-electron chi connectivity index (χ4n) is 0.929. The summed E-state index contributed by atoms with van der Waals surface area (Å²) in [5, 5.41) is 0. The summed E-state index contributed by atoms with van der Waals surface area (Å²) < 4.78 is 10.7. The molecule has 3 heteroatoms. The minimum Gasteiger partial charge on any atom is -0.260 e. The van der Waals surface area contributed by atoms with Gasteiger partial charge in [-0.2, -0.15) is 0 Å². The van der Waals surface area contributed by atoms with Gasteiger partial charge < -0.3 is 0 Å². The summed E-state index contributed by atoms with van der Waals surface area (Å²) in [6.45, 7) is 4.22. The van der Waals surface area contributed by atoms with Crippen molar-refractivity contribution in [3.05, 3.63) is 6.58 Å². The Morgan fingerprint density at radius 2 is 2.00 bits per heavy atom. The Balaban J connectivity index is 3.00. The first-order valence-corrected chi connectivity index (χ1v) is 5.98. The van der Waals surface area contributed by atoms with Crippen LogP contribution in [0.4, 0.5) is 0 Å². The van der Waals surface area contributed by atoms with Gasteiger partial charge in [-0.1, -0.05) is 12.8 Å². The third-order valence-corrected chi connectivity index (χ3v) is 2.43. The molecule has 70 valence electrons. The number of unbranched alkanes of at least 4 members (excludes halogenated alkanes) is 3. The highest BCUT2D eigenvalue weighted by Gasteiger charge is 1.91.